The Morgan fingerprint density at radius 3 is 2.53 bits per heavy atom. The second-order valence-electron chi connectivity index (χ2n) is 4.64. The number of thiocarbonyl (C=S) groups is 1. The fraction of sp³-hybridized carbons (Fsp3) is 0.800. The lowest BCUT2D eigenvalue weighted by Crippen LogP contribution is -2.55. The summed E-state index contributed by atoms with van der Waals surface area (Å²) in [7, 11) is -3.05. The number of sulfone groups is 1. The van der Waals surface area contributed by atoms with Crippen LogP contribution in [0.3, 0.4) is 0 Å². The zero-order chi connectivity index (χ0) is 13.3. The summed E-state index contributed by atoms with van der Waals surface area (Å²) >= 11 is 4.91. The lowest BCUT2D eigenvalue weighted by molar-refractivity contribution is -0.125. The van der Waals surface area contributed by atoms with Gasteiger partial charge in [-0.3, -0.25) is 4.79 Å². The highest BCUT2D eigenvalue weighted by molar-refractivity contribution is 7.91. The van der Waals surface area contributed by atoms with E-state index in [0.717, 1.165) is 0 Å². The van der Waals surface area contributed by atoms with Gasteiger partial charge < -0.3 is 11.1 Å². The Bertz CT molecular complexity index is 433. The number of nitrogens with one attached hydrogen (secondary N) is 1. The molecule has 0 aromatic rings. The van der Waals surface area contributed by atoms with E-state index < -0.39 is 21.3 Å². The van der Waals surface area contributed by atoms with Gasteiger partial charge in [0.1, 0.15) is 0 Å². The van der Waals surface area contributed by atoms with E-state index in [4.69, 9.17) is 18.0 Å². The van der Waals surface area contributed by atoms with E-state index in [1.165, 1.54) is 0 Å². The summed E-state index contributed by atoms with van der Waals surface area (Å²) in [4.78, 5) is 12.1. The third-order valence-electron chi connectivity index (χ3n) is 3.25. The van der Waals surface area contributed by atoms with Crippen molar-refractivity contribution in [3.05, 3.63) is 0 Å². The van der Waals surface area contributed by atoms with Crippen LogP contribution in [0.2, 0.25) is 0 Å². The van der Waals surface area contributed by atoms with E-state index >= 15 is 0 Å². The number of carbonyl (C=O) groups excluding carboxylic acids is 1. The number of carbonyl (C=O) groups is 1. The largest absolute Gasteiger partial charge is 0.391 e. The zero-order valence-electron chi connectivity index (χ0n) is 10.0. The molecule has 0 aromatic heterocycles. The molecule has 0 saturated carbocycles. The number of amides is 1. The van der Waals surface area contributed by atoms with Crippen molar-refractivity contribution in [2.75, 3.05) is 11.5 Å². The second kappa shape index (κ2) is 4.89. The van der Waals surface area contributed by atoms with E-state index in [1.54, 1.807) is 6.92 Å². The van der Waals surface area contributed by atoms with Gasteiger partial charge in [0.05, 0.1) is 28.0 Å². The Labute approximate surface area is 107 Å². The molecule has 7 heteroatoms. The normalized spacial score (nSPS) is 26.1. The maximum absolute atomic E-state index is 11.9. The van der Waals surface area contributed by atoms with Gasteiger partial charge in [-0.1, -0.05) is 19.1 Å². The zero-order valence-corrected chi connectivity index (χ0v) is 11.7. The molecule has 2 atom stereocenters. The van der Waals surface area contributed by atoms with Gasteiger partial charge in [-0.15, -0.1) is 0 Å². The molecular formula is C10H18N2O3S2. The Morgan fingerprint density at radius 2 is 2.18 bits per heavy atom. The molecule has 1 fully saturated rings. The molecule has 0 aliphatic carbocycles. The van der Waals surface area contributed by atoms with Gasteiger partial charge in [-0.05, 0) is 19.8 Å². The monoisotopic (exact) mass is 278 g/mol. The fourth-order valence-corrected chi connectivity index (χ4v) is 3.64. The van der Waals surface area contributed by atoms with Crippen molar-refractivity contribution < 1.29 is 13.2 Å². The molecule has 17 heavy (non-hydrogen) atoms. The summed E-state index contributed by atoms with van der Waals surface area (Å²) in [6.45, 7) is 3.61. The quantitative estimate of drug-likeness (QED) is 0.706. The van der Waals surface area contributed by atoms with E-state index in [9.17, 15) is 13.2 Å². The average molecular weight is 278 g/mol. The maximum Gasteiger partial charge on any atom is 0.224 e. The highest BCUT2D eigenvalue weighted by Crippen LogP contribution is 2.20. The molecule has 0 aromatic carbocycles. The number of nitrogens with two attached hydrogens (primary N) is 1. The number of rotatable bonds is 4. The summed E-state index contributed by atoms with van der Waals surface area (Å²) in [5, 5.41) is 2.75. The fourth-order valence-electron chi connectivity index (χ4n) is 1.70. The van der Waals surface area contributed by atoms with Crippen molar-refractivity contribution in [3.8, 4) is 0 Å². The SMILES string of the molecule is CCC(C)(NC(=O)C1CCS(=O)(=O)C1)C(N)=S. The van der Waals surface area contributed by atoms with Gasteiger partial charge in [0.25, 0.3) is 0 Å². The minimum atomic E-state index is -3.05. The van der Waals surface area contributed by atoms with Crippen molar-refractivity contribution in [3.63, 3.8) is 0 Å². The van der Waals surface area contributed by atoms with Crippen LogP contribution in [0.25, 0.3) is 0 Å². The third kappa shape index (κ3) is 3.38. The van der Waals surface area contributed by atoms with Crippen LogP contribution in [0.15, 0.2) is 0 Å². The van der Waals surface area contributed by atoms with Crippen LogP contribution < -0.4 is 11.1 Å². The summed E-state index contributed by atoms with van der Waals surface area (Å²) in [5.74, 6) is -0.736. The van der Waals surface area contributed by atoms with Crippen molar-refractivity contribution >= 4 is 33.0 Å². The van der Waals surface area contributed by atoms with Crippen LogP contribution in [-0.2, 0) is 14.6 Å². The summed E-state index contributed by atoms with van der Waals surface area (Å²) in [6, 6.07) is 0. The molecule has 98 valence electrons. The van der Waals surface area contributed by atoms with Crippen LogP contribution in [0.5, 0.6) is 0 Å². The minimum Gasteiger partial charge on any atom is -0.391 e. The molecule has 1 saturated heterocycles. The summed E-state index contributed by atoms with van der Waals surface area (Å²) in [5.41, 5.74) is 4.84. The highest BCUT2D eigenvalue weighted by Gasteiger charge is 2.36. The summed E-state index contributed by atoms with van der Waals surface area (Å²) in [6.07, 6.45) is 0.957. The van der Waals surface area contributed by atoms with Gasteiger partial charge in [-0.25, -0.2) is 8.42 Å². The lowest BCUT2D eigenvalue weighted by atomic mass is 9.97. The topological polar surface area (TPSA) is 89.3 Å². The van der Waals surface area contributed by atoms with Crippen molar-refractivity contribution in [1.82, 2.24) is 5.32 Å². The molecule has 3 N–H and O–H groups in total. The van der Waals surface area contributed by atoms with Crippen molar-refractivity contribution in [2.24, 2.45) is 11.7 Å². The van der Waals surface area contributed by atoms with Gasteiger partial charge >= 0.3 is 0 Å². The predicted octanol–water partition coefficient (Wildman–Crippen LogP) is -0.00790. The second-order valence-corrected chi connectivity index (χ2v) is 7.31. The lowest BCUT2D eigenvalue weighted by Gasteiger charge is -2.29. The Kier molecular flexibility index (Phi) is 4.14. The summed E-state index contributed by atoms with van der Waals surface area (Å²) < 4.78 is 22.6. The van der Waals surface area contributed by atoms with E-state index in [0.29, 0.717) is 12.8 Å². The molecule has 1 aliphatic rings. The molecule has 0 radical (unpaired) electrons. The average Bonchev–Trinajstić information content (AvgIpc) is 2.58. The van der Waals surface area contributed by atoms with Gasteiger partial charge in [0.15, 0.2) is 9.84 Å². The van der Waals surface area contributed by atoms with Gasteiger partial charge in [0, 0.05) is 0 Å². The first kappa shape index (κ1) is 14.4. The van der Waals surface area contributed by atoms with Crippen molar-refractivity contribution in [1.29, 1.82) is 0 Å². The van der Waals surface area contributed by atoms with Gasteiger partial charge in [0.2, 0.25) is 5.91 Å². The number of hydrogen-bond acceptors (Lipinski definition) is 4. The number of hydrogen-bond donors (Lipinski definition) is 2. The standard InChI is InChI=1S/C10H18N2O3S2/c1-3-10(2,9(11)16)12-8(13)7-4-5-17(14,15)6-7/h7H,3-6H2,1-2H3,(H2,11,16)(H,12,13). The highest BCUT2D eigenvalue weighted by atomic mass is 32.2. The molecule has 1 heterocycles. The molecule has 1 rings (SSSR count). The molecule has 1 amide bonds. The first-order valence-electron chi connectivity index (χ1n) is 5.52. The first-order valence-corrected chi connectivity index (χ1v) is 7.75. The van der Waals surface area contributed by atoms with E-state index in [-0.39, 0.29) is 22.4 Å². The molecule has 2 unspecified atom stereocenters. The first-order chi connectivity index (χ1) is 7.70. The Hall–Kier alpha value is -0.690. The van der Waals surface area contributed by atoms with Crippen LogP contribution in [-0.4, -0.2) is 36.4 Å². The molecule has 0 bridgehead atoms. The smallest absolute Gasteiger partial charge is 0.224 e. The van der Waals surface area contributed by atoms with E-state index in [2.05, 4.69) is 5.32 Å². The van der Waals surface area contributed by atoms with Crippen LogP contribution in [0.1, 0.15) is 26.7 Å². The minimum absolute atomic E-state index is 0.0735. The predicted molar refractivity (Wildman–Crippen MR) is 70.4 cm³/mol. The Morgan fingerprint density at radius 1 is 1.59 bits per heavy atom. The van der Waals surface area contributed by atoms with Crippen LogP contribution in [0.4, 0.5) is 0 Å². The van der Waals surface area contributed by atoms with Gasteiger partial charge in [-0.2, -0.15) is 0 Å². The van der Waals surface area contributed by atoms with Crippen molar-refractivity contribution in [2.45, 2.75) is 32.2 Å². The molecule has 5 nitrogen and oxygen atoms in total. The Balaban J connectivity index is 2.70. The molecule has 1 aliphatic heterocycles. The third-order valence-corrected chi connectivity index (χ3v) is 5.47. The van der Waals surface area contributed by atoms with Crippen LogP contribution in [0, 0.1) is 5.92 Å². The molecule has 0 spiro atoms. The van der Waals surface area contributed by atoms with Crippen LogP contribution >= 0.6 is 12.2 Å². The molecular weight excluding hydrogens is 260 g/mol. The maximum atomic E-state index is 11.9. The van der Waals surface area contributed by atoms with E-state index in [1.807, 2.05) is 6.92 Å².